The summed E-state index contributed by atoms with van der Waals surface area (Å²) in [5.74, 6) is 5.86. The second-order valence-electron chi connectivity index (χ2n) is 3.71. The summed E-state index contributed by atoms with van der Waals surface area (Å²) < 4.78 is 0. The van der Waals surface area contributed by atoms with Crippen molar-refractivity contribution in [2.24, 2.45) is 0 Å². The lowest BCUT2D eigenvalue weighted by Gasteiger charge is -2.18. The molecule has 0 heterocycles. The lowest BCUT2D eigenvalue weighted by atomic mass is 10.3. The van der Waals surface area contributed by atoms with Crippen LogP contribution < -0.4 is 10.2 Å². The highest BCUT2D eigenvalue weighted by atomic mass is 15.1. The van der Waals surface area contributed by atoms with Gasteiger partial charge in [0, 0.05) is 19.3 Å². The van der Waals surface area contributed by atoms with Gasteiger partial charge in [-0.3, -0.25) is 0 Å². The predicted molar refractivity (Wildman–Crippen MR) is 70.6 cm³/mol. The molecule has 0 spiro atoms. The molecule has 1 aromatic carbocycles. The lowest BCUT2D eigenvalue weighted by Crippen LogP contribution is -2.23. The van der Waals surface area contributed by atoms with Gasteiger partial charge in [0.25, 0.3) is 0 Å². The van der Waals surface area contributed by atoms with Gasteiger partial charge in [0.1, 0.15) is 0 Å². The number of nitrogens with zero attached hydrogens (tertiary/aromatic N) is 1. The van der Waals surface area contributed by atoms with Gasteiger partial charge in [0.05, 0.1) is 6.54 Å². The summed E-state index contributed by atoms with van der Waals surface area (Å²) in [4.78, 5) is 2.27. The molecule has 0 aliphatic rings. The molecule has 0 unspecified atom stereocenters. The summed E-state index contributed by atoms with van der Waals surface area (Å²) in [6, 6.07) is 10.5. The van der Waals surface area contributed by atoms with E-state index in [0.717, 1.165) is 26.1 Å². The Morgan fingerprint density at radius 1 is 1.25 bits per heavy atom. The van der Waals surface area contributed by atoms with Gasteiger partial charge < -0.3 is 10.2 Å². The van der Waals surface area contributed by atoms with Gasteiger partial charge in [-0.15, -0.1) is 5.92 Å². The Balaban J connectivity index is 2.15. The Morgan fingerprint density at radius 2 is 2.00 bits per heavy atom. The molecule has 0 aromatic heterocycles. The second-order valence-corrected chi connectivity index (χ2v) is 3.71. The van der Waals surface area contributed by atoms with E-state index in [1.807, 2.05) is 13.0 Å². The maximum absolute atomic E-state index is 3.29. The Hall–Kier alpha value is -1.46. The molecule has 0 radical (unpaired) electrons. The van der Waals surface area contributed by atoms with Gasteiger partial charge >= 0.3 is 0 Å². The van der Waals surface area contributed by atoms with E-state index in [0.29, 0.717) is 0 Å². The summed E-state index contributed by atoms with van der Waals surface area (Å²) in [5, 5.41) is 3.29. The van der Waals surface area contributed by atoms with Crippen molar-refractivity contribution in [3.8, 4) is 11.8 Å². The molecule has 0 fully saturated rings. The average Bonchev–Trinajstić information content (AvgIpc) is 2.34. The van der Waals surface area contributed by atoms with Gasteiger partial charge in [0.15, 0.2) is 0 Å². The largest absolute Gasteiger partial charge is 0.375 e. The number of nitrogens with one attached hydrogen (secondary N) is 1. The van der Waals surface area contributed by atoms with Crippen molar-refractivity contribution in [3.05, 3.63) is 30.3 Å². The van der Waals surface area contributed by atoms with Crippen LogP contribution >= 0.6 is 0 Å². The Morgan fingerprint density at radius 3 is 2.69 bits per heavy atom. The molecule has 16 heavy (non-hydrogen) atoms. The van der Waals surface area contributed by atoms with Crippen molar-refractivity contribution in [2.45, 2.75) is 13.3 Å². The van der Waals surface area contributed by atoms with Crippen LogP contribution in [0.4, 0.5) is 5.69 Å². The number of para-hydroxylation sites is 1. The van der Waals surface area contributed by atoms with Crippen molar-refractivity contribution in [2.75, 3.05) is 31.6 Å². The fourth-order valence-corrected chi connectivity index (χ4v) is 1.49. The van der Waals surface area contributed by atoms with E-state index in [4.69, 9.17) is 0 Å². The molecule has 2 heteroatoms. The highest BCUT2D eigenvalue weighted by Gasteiger charge is 1.97. The number of hydrogen-bond donors (Lipinski definition) is 1. The predicted octanol–water partition coefficient (Wildman–Crippen LogP) is 2.13. The summed E-state index contributed by atoms with van der Waals surface area (Å²) in [7, 11) is 2.13. The Bertz CT molecular complexity index is 335. The Labute approximate surface area is 98.7 Å². The highest BCUT2D eigenvalue weighted by molar-refractivity contribution is 5.44. The van der Waals surface area contributed by atoms with Crippen LogP contribution in [0.25, 0.3) is 0 Å². The van der Waals surface area contributed by atoms with Crippen LogP contribution in [0.15, 0.2) is 30.3 Å². The number of hydrogen-bond acceptors (Lipinski definition) is 2. The maximum Gasteiger partial charge on any atom is 0.0576 e. The maximum atomic E-state index is 3.29. The minimum atomic E-state index is 0.797. The molecule has 1 N–H and O–H groups in total. The molecule has 0 atom stereocenters. The van der Waals surface area contributed by atoms with Crippen LogP contribution in [0.1, 0.15) is 13.3 Å². The quantitative estimate of drug-likeness (QED) is 0.579. The first kappa shape index (κ1) is 12.6. The summed E-state index contributed by atoms with van der Waals surface area (Å²) in [6.45, 7) is 4.75. The SMILES string of the molecule is CC#CCNCCCN(C)c1ccccc1. The third kappa shape index (κ3) is 4.86. The fourth-order valence-electron chi connectivity index (χ4n) is 1.49. The van der Waals surface area contributed by atoms with Crippen molar-refractivity contribution in [1.82, 2.24) is 5.32 Å². The normalized spacial score (nSPS) is 9.38. The minimum Gasteiger partial charge on any atom is -0.375 e. The molecule has 0 aliphatic carbocycles. The monoisotopic (exact) mass is 216 g/mol. The molecule has 1 aromatic rings. The molecule has 2 nitrogen and oxygen atoms in total. The highest BCUT2D eigenvalue weighted by Crippen LogP contribution is 2.10. The van der Waals surface area contributed by atoms with Gasteiger partial charge in [-0.1, -0.05) is 24.1 Å². The molecular formula is C14H20N2. The van der Waals surface area contributed by atoms with Gasteiger partial charge in [-0.05, 0) is 32.0 Å². The van der Waals surface area contributed by atoms with Crippen LogP contribution in [0.5, 0.6) is 0 Å². The third-order valence-electron chi connectivity index (χ3n) is 2.43. The second kappa shape index (κ2) is 7.78. The number of rotatable bonds is 6. The zero-order chi connectivity index (χ0) is 11.6. The van der Waals surface area contributed by atoms with Crippen molar-refractivity contribution in [3.63, 3.8) is 0 Å². The van der Waals surface area contributed by atoms with E-state index in [9.17, 15) is 0 Å². The minimum absolute atomic E-state index is 0.797. The average molecular weight is 216 g/mol. The van der Waals surface area contributed by atoms with E-state index in [1.54, 1.807) is 0 Å². The van der Waals surface area contributed by atoms with E-state index in [-0.39, 0.29) is 0 Å². The number of benzene rings is 1. The first-order valence-corrected chi connectivity index (χ1v) is 5.71. The molecule has 86 valence electrons. The third-order valence-corrected chi connectivity index (χ3v) is 2.43. The molecule has 0 amide bonds. The van der Waals surface area contributed by atoms with Gasteiger partial charge in [0.2, 0.25) is 0 Å². The summed E-state index contributed by atoms with van der Waals surface area (Å²) in [6.07, 6.45) is 1.14. The van der Waals surface area contributed by atoms with E-state index >= 15 is 0 Å². The number of anilines is 1. The zero-order valence-electron chi connectivity index (χ0n) is 10.2. The zero-order valence-corrected chi connectivity index (χ0v) is 10.2. The van der Waals surface area contributed by atoms with Gasteiger partial charge in [-0.25, -0.2) is 0 Å². The van der Waals surface area contributed by atoms with E-state index in [2.05, 4.69) is 53.4 Å². The van der Waals surface area contributed by atoms with Crippen molar-refractivity contribution in [1.29, 1.82) is 0 Å². The molecule has 0 saturated heterocycles. The van der Waals surface area contributed by atoms with Crippen molar-refractivity contribution < 1.29 is 0 Å². The topological polar surface area (TPSA) is 15.3 Å². The molecular weight excluding hydrogens is 196 g/mol. The standard InChI is InChI=1S/C14H20N2/c1-3-4-11-15-12-8-13-16(2)14-9-6-5-7-10-14/h5-7,9-10,15H,8,11-13H2,1-2H3. The molecule has 1 rings (SSSR count). The molecule has 0 aliphatic heterocycles. The van der Waals surface area contributed by atoms with Crippen LogP contribution in [-0.4, -0.2) is 26.7 Å². The lowest BCUT2D eigenvalue weighted by molar-refractivity contribution is 0.690. The van der Waals surface area contributed by atoms with E-state index in [1.165, 1.54) is 5.69 Å². The first-order chi connectivity index (χ1) is 7.84. The molecule has 0 bridgehead atoms. The smallest absolute Gasteiger partial charge is 0.0576 e. The summed E-state index contributed by atoms with van der Waals surface area (Å²) in [5.41, 5.74) is 1.27. The Kier molecular flexibility index (Phi) is 6.13. The first-order valence-electron chi connectivity index (χ1n) is 5.71. The van der Waals surface area contributed by atoms with Crippen LogP contribution in [0, 0.1) is 11.8 Å². The van der Waals surface area contributed by atoms with Crippen LogP contribution in [0.2, 0.25) is 0 Å². The van der Waals surface area contributed by atoms with Crippen LogP contribution in [0.3, 0.4) is 0 Å². The fraction of sp³-hybridized carbons (Fsp3) is 0.429. The molecule has 0 saturated carbocycles. The van der Waals surface area contributed by atoms with Crippen molar-refractivity contribution >= 4 is 5.69 Å². The summed E-state index contributed by atoms with van der Waals surface area (Å²) >= 11 is 0. The van der Waals surface area contributed by atoms with E-state index < -0.39 is 0 Å². The van der Waals surface area contributed by atoms with Gasteiger partial charge in [-0.2, -0.15) is 0 Å². The van der Waals surface area contributed by atoms with Crippen LogP contribution in [-0.2, 0) is 0 Å².